The highest BCUT2D eigenvalue weighted by molar-refractivity contribution is 5.85. The summed E-state index contributed by atoms with van der Waals surface area (Å²) >= 11 is 0. The molecule has 1 heterocycles. The molecule has 106 valence electrons. The fraction of sp³-hybridized carbons (Fsp3) is 0.923. The number of hydrogen-bond acceptors (Lipinski definition) is 3. The third-order valence-electron chi connectivity index (χ3n) is 4.10. The molecule has 2 aliphatic rings. The summed E-state index contributed by atoms with van der Waals surface area (Å²) in [7, 11) is 1.94. The van der Waals surface area contributed by atoms with Gasteiger partial charge >= 0.3 is 0 Å². The first-order valence-corrected chi connectivity index (χ1v) is 6.85. The molecule has 1 aliphatic carbocycles. The number of nitrogens with zero attached hydrogens (tertiary/aromatic N) is 2. The van der Waals surface area contributed by atoms with Crippen LogP contribution in [0.3, 0.4) is 0 Å². The third-order valence-corrected chi connectivity index (χ3v) is 4.10. The Morgan fingerprint density at radius 2 is 2.06 bits per heavy atom. The van der Waals surface area contributed by atoms with E-state index >= 15 is 0 Å². The fourth-order valence-electron chi connectivity index (χ4n) is 2.76. The number of likely N-dealkylation sites (N-methyl/N-ethyl adjacent to an activating group) is 1. The van der Waals surface area contributed by atoms with Gasteiger partial charge in [-0.25, -0.2) is 0 Å². The first-order chi connectivity index (χ1) is 8.09. The Morgan fingerprint density at radius 1 is 1.39 bits per heavy atom. The number of piperidine rings is 1. The number of carbonyl (C=O) groups is 1. The maximum atomic E-state index is 12.1. The Bertz CT molecular complexity index is 281. The largest absolute Gasteiger partial charge is 0.342 e. The minimum Gasteiger partial charge on any atom is -0.342 e. The van der Waals surface area contributed by atoms with Crippen LogP contribution in [-0.4, -0.2) is 54.0 Å². The molecule has 0 aromatic carbocycles. The van der Waals surface area contributed by atoms with Gasteiger partial charge in [0.15, 0.2) is 0 Å². The van der Waals surface area contributed by atoms with Crippen molar-refractivity contribution in [3.05, 3.63) is 0 Å². The van der Waals surface area contributed by atoms with Crippen LogP contribution in [0.15, 0.2) is 0 Å². The highest BCUT2D eigenvalue weighted by atomic mass is 35.5. The van der Waals surface area contributed by atoms with Crippen LogP contribution >= 0.6 is 12.4 Å². The van der Waals surface area contributed by atoms with E-state index in [2.05, 4.69) is 11.8 Å². The molecule has 2 unspecified atom stereocenters. The summed E-state index contributed by atoms with van der Waals surface area (Å²) in [5, 5.41) is 0. The van der Waals surface area contributed by atoms with E-state index in [4.69, 9.17) is 5.73 Å². The molecule has 0 aromatic heterocycles. The molecular formula is C13H26ClN3O. The Kier molecular flexibility index (Phi) is 5.89. The van der Waals surface area contributed by atoms with Gasteiger partial charge < -0.3 is 10.6 Å². The number of carbonyl (C=O) groups excluding carboxylic acids is 1. The van der Waals surface area contributed by atoms with Crippen LogP contribution in [0.25, 0.3) is 0 Å². The predicted molar refractivity (Wildman–Crippen MR) is 75.9 cm³/mol. The predicted octanol–water partition coefficient (Wildman–Crippen LogP) is 1.23. The van der Waals surface area contributed by atoms with Crippen LogP contribution < -0.4 is 5.73 Å². The van der Waals surface area contributed by atoms with Crippen molar-refractivity contribution in [1.29, 1.82) is 0 Å². The Morgan fingerprint density at radius 3 is 2.61 bits per heavy atom. The summed E-state index contributed by atoms with van der Waals surface area (Å²) in [6.07, 6.45) is 5.94. The molecule has 1 aliphatic heterocycles. The molecule has 4 nitrogen and oxygen atoms in total. The molecule has 2 rings (SSSR count). The van der Waals surface area contributed by atoms with Crippen LogP contribution in [0, 0.1) is 0 Å². The molecule has 2 fully saturated rings. The molecule has 2 N–H and O–H groups in total. The smallest absolute Gasteiger partial charge is 0.236 e. The van der Waals surface area contributed by atoms with Crippen molar-refractivity contribution in [2.75, 3.05) is 20.1 Å². The summed E-state index contributed by atoms with van der Waals surface area (Å²) in [6, 6.07) is 1.07. The van der Waals surface area contributed by atoms with Crippen LogP contribution in [-0.2, 0) is 4.79 Å². The lowest BCUT2D eigenvalue weighted by atomic mass is 9.97. The van der Waals surface area contributed by atoms with Crippen molar-refractivity contribution in [2.24, 2.45) is 5.73 Å². The SMILES string of the molecule is CC(N)C1CCCCN1CC(=O)N(C)C1CC1.Cl. The third kappa shape index (κ3) is 3.84. The van der Waals surface area contributed by atoms with Gasteiger partial charge in [0.1, 0.15) is 0 Å². The lowest BCUT2D eigenvalue weighted by molar-refractivity contribution is -0.132. The quantitative estimate of drug-likeness (QED) is 0.840. The molecule has 0 bridgehead atoms. The lowest BCUT2D eigenvalue weighted by Crippen LogP contribution is -2.52. The van der Waals surface area contributed by atoms with E-state index in [1.54, 1.807) is 0 Å². The summed E-state index contributed by atoms with van der Waals surface area (Å²) in [6.45, 7) is 3.63. The highest BCUT2D eigenvalue weighted by Gasteiger charge is 2.32. The Balaban J connectivity index is 0.00000162. The molecule has 18 heavy (non-hydrogen) atoms. The van der Waals surface area contributed by atoms with E-state index in [-0.39, 0.29) is 24.4 Å². The number of amides is 1. The Labute approximate surface area is 116 Å². The number of likely N-dealkylation sites (tertiary alicyclic amines) is 1. The normalized spacial score (nSPS) is 26.3. The first-order valence-electron chi connectivity index (χ1n) is 6.85. The van der Waals surface area contributed by atoms with Gasteiger partial charge in [-0.05, 0) is 39.2 Å². The van der Waals surface area contributed by atoms with Crippen LogP contribution in [0.1, 0.15) is 39.0 Å². The zero-order chi connectivity index (χ0) is 12.4. The van der Waals surface area contributed by atoms with Gasteiger partial charge in [-0.3, -0.25) is 9.69 Å². The molecule has 1 saturated carbocycles. The zero-order valence-corrected chi connectivity index (χ0v) is 12.3. The number of rotatable bonds is 4. The Hall–Kier alpha value is -0.320. The van der Waals surface area contributed by atoms with E-state index in [1.165, 1.54) is 25.7 Å². The van der Waals surface area contributed by atoms with E-state index in [9.17, 15) is 4.79 Å². The second-order valence-electron chi connectivity index (χ2n) is 5.63. The van der Waals surface area contributed by atoms with Crippen molar-refractivity contribution in [1.82, 2.24) is 9.80 Å². The van der Waals surface area contributed by atoms with Gasteiger partial charge in [-0.1, -0.05) is 6.42 Å². The highest BCUT2D eigenvalue weighted by Crippen LogP contribution is 2.26. The van der Waals surface area contributed by atoms with Gasteiger partial charge in [0.2, 0.25) is 5.91 Å². The second kappa shape index (κ2) is 6.73. The van der Waals surface area contributed by atoms with Crippen LogP contribution in [0.5, 0.6) is 0 Å². The van der Waals surface area contributed by atoms with Crippen LogP contribution in [0.2, 0.25) is 0 Å². The lowest BCUT2D eigenvalue weighted by Gasteiger charge is -2.38. The maximum Gasteiger partial charge on any atom is 0.236 e. The summed E-state index contributed by atoms with van der Waals surface area (Å²) < 4.78 is 0. The molecule has 0 spiro atoms. The van der Waals surface area contributed by atoms with Gasteiger partial charge in [0.05, 0.1) is 6.54 Å². The maximum absolute atomic E-state index is 12.1. The summed E-state index contributed by atoms with van der Waals surface area (Å²) in [5.74, 6) is 0.264. The molecule has 0 radical (unpaired) electrons. The van der Waals surface area contributed by atoms with E-state index in [1.807, 2.05) is 11.9 Å². The number of nitrogens with two attached hydrogens (primary N) is 1. The average molecular weight is 276 g/mol. The molecule has 1 saturated heterocycles. The minimum absolute atomic E-state index is 0. The van der Waals surface area contributed by atoms with Crippen molar-refractivity contribution in [2.45, 2.75) is 57.2 Å². The van der Waals surface area contributed by atoms with E-state index in [0.717, 1.165) is 13.0 Å². The van der Waals surface area contributed by atoms with Gasteiger partial charge in [0.25, 0.3) is 0 Å². The molecular weight excluding hydrogens is 250 g/mol. The molecule has 5 heteroatoms. The van der Waals surface area contributed by atoms with Gasteiger partial charge in [-0.15, -0.1) is 12.4 Å². The zero-order valence-electron chi connectivity index (χ0n) is 11.5. The fourth-order valence-corrected chi connectivity index (χ4v) is 2.76. The van der Waals surface area contributed by atoms with Crippen molar-refractivity contribution < 1.29 is 4.79 Å². The molecule has 2 atom stereocenters. The standard InChI is InChI=1S/C13H25N3O.ClH/c1-10(14)12-5-3-4-8-16(12)9-13(17)15(2)11-6-7-11;/h10-12H,3-9,14H2,1-2H3;1H. The van der Waals surface area contributed by atoms with Crippen LogP contribution in [0.4, 0.5) is 0 Å². The molecule has 0 aromatic rings. The van der Waals surface area contributed by atoms with E-state index < -0.39 is 0 Å². The number of halogens is 1. The first kappa shape index (κ1) is 15.7. The number of hydrogen-bond donors (Lipinski definition) is 1. The van der Waals surface area contributed by atoms with Gasteiger partial charge in [-0.2, -0.15) is 0 Å². The molecule has 1 amide bonds. The minimum atomic E-state index is 0. The van der Waals surface area contributed by atoms with Gasteiger partial charge in [0, 0.05) is 25.2 Å². The second-order valence-corrected chi connectivity index (χ2v) is 5.63. The van der Waals surface area contributed by atoms with Crippen molar-refractivity contribution in [3.63, 3.8) is 0 Å². The van der Waals surface area contributed by atoms with Crippen molar-refractivity contribution in [3.8, 4) is 0 Å². The monoisotopic (exact) mass is 275 g/mol. The van der Waals surface area contributed by atoms with Crippen molar-refractivity contribution >= 4 is 18.3 Å². The van der Waals surface area contributed by atoms with E-state index in [0.29, 0.717) is 18.6 Å². The topological polar surface area (TPSA) is 49.6 Å². The summed E-state index contributed by atoms with van der Waals surface area (Å²) in [5.41, 5.74) is 6.01. The summed E-state index contributed by atoms with van der Waals surface area (Å²) in [4.78, 5) is 16.3. The average Bonchev–Trinajstić information content (AvgIpc) is 3.12.